The van der Waals surface area contributed by atoms with Crippen LogP contribution < -0.4 is 0 Å². The summed E-state index contributed by atoms with van der Waals surface area (Å²) in [5, 5.41) is 2.34. The van der Waals surface area contributed by atoms with Crippen molar-refractivity contribution >= 4 is 27.3 Å². The summed E-state index contributed by atoms with van der Waals surface area (Å²) in [6.07, 6.45) is 7.12. The summed E-state index contributed by atoms with van der Waals surface area (Å²) in [7, 11) is 0. The third-order valence-electron chi connectivity index (χ3n) is 3.06. The molecule has 2 heteroatoms. The van der Waals surface area contributed by atoms with Crippen molar-refractivity contribution in [2.75, 3.05) is 0 Å². The molecule has 1 fully saturated rings. The monoisotopic (exact) mass is 258 g/mol. The summed E-state index contributed by atoms with van der Waals surface area (Å²) in [5.74, 6) is 0.858. The van der Waals surface area contributed by atoms with Gasteiger partial charge in [-0.2, -0.15) is 0 Å². The normalized spacial score (nSPS) is 19.2. The summed E-state index contributed by atoms with van der Waals surface area (Å²) < 4.78 is 1.33. The van der Waals surface area contributed by atoms with Gasteiger partial charge in [0.2, 0.25) is 0 Å². The second-order valence-corrected chi connectivity index (χ2v) is 6.12. The molecule has 0 bridgehead atoms. The topological polar surface area (TPSA) is 0 Å². The molecule has 0 amide bonds. The summed E-state index contributed by atoms with van der Waals surface area (Å²) in [5.41, 5.74) is 3.09. The Labute approximate surface area is 92.5 Å². The zero-order chi connectivity index (χ0) is 9.26. The fourth-order valence-corrected chi connectivity index (χ4v) is 3.63. The van der Waals surface area contributed by atoms with Gasteiger partial charge in [0, 0.05) is 0 Å². The quantitative estimate of drug-likeness (QED) is 0.675. The highest BCUT2D eigenvalue weighted by atomic mass is 79.9. The van der Waals surface area contributed by atoms with Crippen molar-refractivity contribution in [3.63, 3.8) is 0 Å². The molecule has 1 aromatic rings. The second-order valence-electron chi connectivity index (χ2n) is 3.92. The number of rotatable bonds is 1. The molecule has 2 rings (SSSR count). The van der Waals surface area contributed by atoms with Gasteiger partial charge in [-0.3, -0.25) is 0 Å². The minimum atomic E-state index is 0.858. The molecule has 0 aliphatic heterocycles. The number of hydrogen-bond acceptors (Lipinski definition) is 1. The van der Waals surface area contributed by atoms with E-state index in [1.54, 1.807) is 5.56 Å². The minimum absolute atomic E-state index is 0.858. The average molecular weight is 259 g/mol. The maximum absolute atomic E-state index is 3.60. The van der Waals surface area contributed by atoms with Crippen LogP contribution in [0.4, 0.5) is 0 Å². The lowest BCUT2D eigenvalue weighted by Gasteiger charge is -2.21. The van der Waals surface area contributed by atoms with E-state index < -0.39 is 0 Å². The molecule has 0 aromatic carbocycles. The Kier molecular flexibility index (Phi) is 3.10. The van der Waals surface area contributed by atoms with Crippen LogP contribution in [-0.2, 0) is 0 Å². The fraction of sp³-hybridized carbons (Fsp3) is 0.636. The Morgan fingerprint density at radius 3 is 2.54 bits per heavy atom. The highest BCUT2D eigenvalue weighted by molar-refractivity contribution is 9.11. The van der Waals surface area contributed by atoms with Crippen LogP contribution in [0.5, 0.6) is 0 Å². The molecule has 1 aromatic heterocycles. The fourth-order valence-electron chi connectivity index (χ4n) is 2.22. The van der Waals surface area contributed by atoms with Crippen LogP contribution in [0.25, 0.3) is 0 Å². The van der Waals surface area contributed by atoms with Gasteiger partial charge in [-0.05, 0) is 58.1 Å². The van der Waals surface area contributed by atoms with Crippen molar-refractivity contribution in [1.82, 2.24) is 0 Å². The van der Waals surface area contributed by atoms with Crippen LogP contribution in [0.1, 0.15) is 49.1 Å². The molecule has 0 radical (unpaired) electrons. The molecule has 1 aliphatic rings. The first-order chi connectivity index (χ1) is 6.29. The molecule has 1 saturated carbocycles. The van der Waals surface area contributed by atoms with Gasteiger partial charge in [-0.25, -0.2) is 0 Å². The van der Waals surface area contributed by atoms with E-state index in [-0.39, 0.29) is 0 Å². The third kappa shape index (κ3) is 1.99. The molecule has 1 aliphatic carbocycles. The van der Waals surface area contributed by atoms with Gasteiger partial charge in [0.15, 0.2) is 0 Å². The van der Waals surface area contributed by atoms with E-state index in [0.29, 0.717) is 0 Å². The first-order valence-corrected chi connectivity index (χ1v) is 6.70. The van der Waals surface area contributed by atoms with Gasteiger partial charge < -0.3 is 0 Å². The Bertz CT molecular complexity index is 284. The van der Waals surface area contributed by atoms with Crippen LogP contribution in [0.2, 0.25) is 0 Å². The van der Waals surface area contributed by atoms with Gasteiger partial charge in [0.05, 0.1) is 3.79 Å². The zero-order valence-electron chi connectivity index (χ0n) is 7.98. The lowest BCUT2D eigenvalue weighted by molar-refractivity contribution is 0.443. The van der Waals surface area contributed by atoms with Crippen molar-refractivity contribution in [3.05, 3.63) is 20.3 Å². The van der Waals surface area contributed by atoms with Crippen molar-refractivity contribution in [2.24, 2.45) is 0 Å². The van der Waals surface area contributed by atoms with E-state index in [4.69, 9.17) is 0 Å². The average Bonchev–Trinajstić information content (AvgIpc) is 2.49. The lowest BCUT2D eigenvalue weighted by Crippen LogP contribution is -2.04. The molecule has 0 N–H and O–H groups in total. The van der Waals surface area contributed by atoms with Crippen LogP contribution in [0.15, 0.2) is 9.17 Å². The number of halogens is 1. The van der Waals surface area contributed by atoms with Gasteiger partial charge in [-0.15, -0.1) is 11.3 Å². The molecular weight excluding hydrogens is 244 g/mol. The van der Waals surface area contributed by atoms with Gasteiger partial charge in [0.25, 0.3) is 0 Å². The third-order valence-corrected chi connectivity index (χ3v) is 5.10. The summed E-state index contributed by atoms with van der Waals surface area (Å²) >= 11 is 5.44. The second kappa shape index (κ2) is 4.14. The number of thiophene rings is 1. The van der Waals surface area contributed by atoms with Gasteiger partial charge in [-0.1, -0.05) is 19.3 Å². The zero-order valence-corrected chi connectivity index (χ0v) is 10.4. The van der Waals surface area contributed by atoms with Crippen LogP contribution >= 0.6 is 27.3 Å². The van der Waals surface area contributed by atoms with Crippen LogP contribution in [0, 0.1) is 6.92 Å². The number of hydrogen-bond donors (Lipinski definition) is 0. The van der Waals surface area contributed by atoms with Crippen molar-refractivity contribution in [1.29, 1.82) is 0 Å². The highest BCUT2D eigenvalue weighted by Gasteiger charge is 2.18. The maximum atomic E-state index is 3.60. The molecule has 0 atom stereocenters. The first-order valence-electron chi connectivity index (χ1n) is 5.02. The Balaban J connectivity index is 2.18. The van der Waals surface area contributed by atoms with Gasteiger partial charge >= 0.3 is 0 Å². The molecule has 1 heterocycles. The molecule has 72 valence electrons. The van der Waals surface area contributed by atoms with Crippen molar-refractivity contribution in [2.45, 2.75) is 44.9 Å². The molecular formula is C11H15BrS. The van der Waals surface area contributed by atoms with Crippen LogP contribution in [0.3, 0.4) is 0 Å². The van der Waals surface area contributed by atoms with E-state index in [0.717, 1.165) is 5.92 Å². The summed E-state index contributed by atoms with van der Waals surface area (Å²) in [6.45, 7) is 2.24. The van der Waals surface area contributed by atoms with Crippen molar-refractivity contribution in [3.8, 4) is 0 Å². The van der Waals surface area contributed by atoms with Crippen LogP contribution in [-0.4, -0.2) is 0 Å². The molecule has 0 unspecified atom stereocenters. The SMILES string of the molecule is Cc1c(C2CCCCC2)csc1Br. The van der Waals surface area contributed by atoms with E-state index in [2.05, 4.69) is 28.2 Å². The lowest BCUT2D eigenvalue weighted by atomic mass is 9.84. The largest absolute Gasteiger partial charge is 0.136 e. The first kappa shape index (κ1) is 9.72. The Morgan fingerprint density at radius 2 is 2.00 bits per heavy atom. The van der Waals surface area contributed by atoms with E-state index in [1.807, 2.05) is 11.3 Å². The smallest absolute Gasteiger partial charge is 0.0730 e. The van der Waals surface area contributed by atoms with E-state index in [9.17, 15) is 0 Å². The highest BCUT2D eigenvalue weighted by Crippen LogP contribution is 2.39. The summed E-state index contributed by atoms with van der Waals surface area (Å²) in [6, 6.07) is 0. The minimum Gasteiger partial charge on any atom is -0.136 e. The van der Waals surface area contributed by atoms with E-state index >= 15 is 0 Å². The predicted octanol–water partition coefficient (Wildman–Crippen LogP) is 4.87. The molecule has 0 spiro atoms. The Morgan fingerprint density at radius 1 is 1.31 bits per heavy atom. The standard InChI is InChI=1S/C11H15BrS/c1-8-10(7-13-11(8)12)9-5-3-2-4-6-9/h7,9H,2-6H2,1H3. The summed E-state index contributed by atoms with van der Waals surface area (Å²) in [4.78, 5) is 0. The maximum Gasteiger partial charge on any atom is 0.0730 e. The molecule has 13 heavy (non-hydrogen) atoms. The Hall–Kier alpha value is 0.180. The molecule has 0 saturated heterocycles. The molecule has 0 nitrogen and oxygen atoms in total. The van der Waals surface area contributed by atoms with Crippen molar-refractivity contribution < 1.29 is 0 Å². The van der Waals surface area contributed by atoms with Gasteiger partial charge in [0.1, 0.15) is 0 Å². The van der Waals surface area contributed by atoms with E-state index in [1.165, 1.54) is 41.5 Å². The predicted molar refractivity (Wildman–Crippen MR) is 62.6 cm³/mol.